The topological polar surface area (TPSA) is 74.2 Å². The van der Waals surface area contributed by atoms with Gasteiger partial charge in [-0.15, -0.1) is 0 Å². The largest absolute Gasteiger partial charge is 0.466 e. The van der Waals surface area contributed by atoms with Gasteiger partial charge in [0.05, 0.1) is 26.2 Å². The van der Waals surface area contributed by atoms with E-state index in [1.807, 2.05) is 0 Å². The fraction of sp³-hybridized carbons (Fsp3) is 0.909. The van der Waals surface area contributed by atoms with Crippen molar-refractivity contribution in [2.45, 2.75) is 44.4 Å². The van der Waals surface area contributed by atoms with Crippen molar-refractivity contribution in [2.24, 2.45) is 0 Å². The fourth-order valence-electron chi connectivity index (χ4n) is 2.10. The molecule has 0 aromatic rings. The second-order valence-corrected chi connectivity index (χ2v) is 4.45. The zero-order valence-electron chi connectivity index (χ0n) is 10.0. The van der Waals surface area contributed by atoms with Gasteiger partial charge in [0.1, 0.15) is 18.3 Å². The van der Waals surface area contributed by atoms with E-state index < -0.39 is 18.0 Å². The van der Waals surface area contributed by atoms with E-state index >= 15 is 0 Å². The molecule has 0 aromatic carbocycles. The Bertz CT molecular complexity index is 294. The average Bonchev–Trinajstić information content (AvgIpc) is 2.60. The minimum atomic E-state index is -1.04. The number of aliphatic hydroxyl groups is 1. The summed E-state index contributed by atoms with van der Waals surface area (Å²) in [7, 11) is 0. The quantitative estimate of drug-likeness (QED) is 0.697. The van der Waals surface area contributed by atoms with E-state index in [2.05, 4.69) is 0 Å². The minimum absolute atomic E-state index is 0.0107. The van der Waals surface area contributed by atoms with E-state index in [0.29, 0.717) is 13.2 Å². The predicted molar refractivity (Wildman–Crippen MR) is 56.2 cm³/mol. The van der Waals surface area contributed by atoms with Crippen molar-refractivity contribution in [2.75, 3.05) is 19.8 Å². The summed E-state index contributed by atoms with van der Waals surface area (Å²) in [6.07, 6.45) is -1.33. The lowest BCUT2D eigenvalue weighted by molar-refractivity contribution is -0.309. The SMILES string of the molecule is CCOC(=O)CC1(C)OCC2OCC(O)C2O1. The maximum atomic E-state index is 11.4. The zero-order valence-corrected chi connectivity index (χ0v) is 10.0. The van der Waals surface area contributed by atoms with Gasteiger partial charge in [-0.2, -0.15) is 0 Å². The number of hydrogen-bond donors (Lipinski definition) is 1. The Morgan fingerprint density at radius 3 is 3.00 bits per heavy atom. The molecule has 2 rings (SSSR count). The first-order valence-corrected chi connectivity index (χ1v) is 5.81. The number of fused-ring (bicyclic) bond motifs is 1. The molecular formula is C11H18O6. The summed E-state index contributed by atoms with van der Waals surface area (Å²) in [5.74, 6) is -1.41. The van der Waals surface area contributed by atoms with Gasteiger partial charge in [0.15, 0.2) is 5.79 Å². The molecule has 0 aliphatic carbocycles. The van der Waals surface area contributed by atoms with E-state index in [1.165, 1.54) is 0 Å². The monoisotopic (exact) mass is 246 g/mol. The Labute approximate surface area is 99.8 Å². The number of carbonyl (C=O) groups excluding carboxylic acids is 1. The Morgan fingerprint density at radius 1 is 1.53 bits per heavy atom. The molecular weight excluding hydrogens is 228 g/mol. The smallest absolute Gasteiger partial charge is 0.311 e. The highest BCUT2D eigenvalue weighted by molar-refractivity contribution is 5.70. The summed E-state index contributed by atoms with van der Waals surface area (Å²) in [6.45, 7) is 4.30. The number of hydrogen-bond acceptors (Lipinski definition) is 6. The Kier molecular flexibility index (Phi) is 3.67. The molecule has 2 fully saturated rings. The van der Waals surface area contributed by atoms with Crippen LogP contribution < -0.4 is 0 Å². The molecule has 2 saturated heterocycles. The second-order valence-electron chi connectivity index (χ2n) is 4.45. The fourth-order valence-corrected chi connectivity index (χ4v) is 2.10. The molecule has 0 amide bonds. The predicted octanol–water partition coefficient (Wildman–Crippen LogP) is -0.169. The first-order chi connectivity index (χ1) is 8.04. The van der Waals surface area contributed by atoms with Crippen LogP contribution in [0.25, 0.3) is 0 Å². The molecule has 0 bridgehead atoms. The van der Waals surface area contributed by atoms with Gasteiger partial charge < -0.3 is 24.1 Å². The Balaban J connectivity index is 1.95. The molecule has 2 heterocycles. The van der Waals surface area contributed by atoms with Crippen LogP contribution in [0, 0.1) is 0 Å². The number of carbonyl (C=O) groups is 1. The Morgan fingerprint density at radius 2 is 2.29 bits per heavy atom. The van der Waals surface area contributed by atoms with Crippen LogP contribution in [0.1, 0.15) is 20.3 Å². The van der Waals surface area contributed by atoms with Gasteiger partial charge >= 0.3 is 5.97 Å². The summed E-state index contributed by atoms with van der Waals surface area (Å²) >= 11 is 0. The van der Waals surface area contributed by atoms with Crippen molar-refractivity contribution < 1.29 is 28.8 Å². The highest BCUT2D eigenvalue weighted by Crippen LogP contribution is 2.32. The Hall–Kier alpha value is -0.690. The van der Waals surface area contributed by atoms with Gasteiger partial charge in [-0.25, -0.2) is 0 Å². The standard InChI is InChI=1S/C11H18O6/c1-3-14-9(13)4-11(2)16-6-8-10(17-11)7(12)5-15-8/h7-8,10,12H,3-6H2,1-2H3. The van der Waals surface area contributed by atoms with Crippen molar-refractivity contribution in [1.29, 1.82) is 0 Å². The summed E-state index contributed by atoms with van der Waals surface area (Å²) in [5, 5.41) is 9.67. The van der Waals surface area contributed by atoms with Crippen molar-refractivity contribution in [1.82, 2.24) is 0 Å². The van der Waals surface area contributed by atoms with Gasteiger partial charge in [0, 0.05) is 0 Å². The molecule has 98 valence electrons. The normalized spacial score (nSPS) is 41.0. The highest BCUT2D eigenvalue weighted by atomic mass is 16.7. The van der Waals surface area contributed by atoms with E-state index in [1.54, 1.807) is 13.8 Å². The first-order valence-electron chi connectivity index (χ1n) is 5.81. The molecule has 0 saturated carbocycles. The molecule has 4 unspecified atom stereocenters. The molecule has 17 heavy (non-hydrogen) atoms. The van der Waals surface area contributed by atoms with Crippen LogP contribution in [-0.4, -0.2) is 55.0 Å². The van der Waals surface area contributed by atoms with Crippen LogP contribution in [0.15, 0.2) is 0 Å². The van der Waals surface area contributed by atoms with Crippen molar-refractivity contribution in [3.63, 3.8) is 0 Å². The molecule has 4 atom stereocenters. The van der Waals surface area contributed by atoms with Crippen molar-refractivity contribution in [3.05, 3.63) is 0 Å². The van der Waals surface area contributed by atoms with E-state index in [9.17, 15) is 9.90 Å². The van der Waals surface area contributed by atoms with Crippen LogP contribution >= 0.6 is 0 Å². The number of ether oxygens (including phenoxy) is 4. The third-order valence-corrected chi connectivity index (χ3v) is 2.94. The summed E-state index contributed by atoms with van der Waals surface area (Å²) in [4.78, 5) is 11.4. The number of aliphatic hydroxyl groups excluding tert-OH is 1. The van der Waals surface area contributed by atoms with Gasteiger partial charge in [0.2, 0.25) is 0 Å². The molecule has 0 aromatic heterocycles. The van der Waals surface area contributed by atoms with Crippen LogP contribution in [0.2, 0.25) is 0 Å². The molecule has 2 aliphatic heterocycles. The van der Waals surface area contributed by atoms with E-state index in [0.717, 1.165) is 0 Å². The van der Waals surface area contributed by atoms with Gasteiger partial charge in [-0.1, -0.05) is 0 Å². The molecule has 6 heteroatoms. The average molecular weight is 246 g/mol. The van der Waals surface area contributed by atoms with Gasteiger partial charge in [0.25, 0.3) is 0 Å². The number of rotatable bonds is 3. The lowest BCUT2D eigenvalue weighted by Crippen LogP contribution is -2.52. The summed E-state index contributed by atoms with van der Waals surface area (Å²) < 4.78 is 21.3. The number of esters is 1. The van der Waals surface area contributed by atoms with Crippen molar-refractivity contribution >= 4 is 5.97 Å². The lowest BCUT2D eigenvalue weighted by atomic mass is 10.1. The second kappa shape index (κ2) is 4.89. The molecule has 6 nitrogen and oxygen atoms in total. The minimum Gasteiger partial charge on any atom is -0.466 e. The van der Waals surface area contributed by atoms with Gasteiger partial charge in [-0.05, 0) is 13.8 Å². The van der Waals surface area contributed by atoms with Crippen molar-refractivity contribution in [3.8, 4) is 0 Å². The lowest BCUT2D eigenvalue weighted by Gasteiger charge is -2.39. The third-order valence-electron chi connectivity index (χ3n) is 2.94. The van der Waals surface area contributed by atoms with Crippen LogP contribution in [0.5, 0.6) is 0 Å². The van der Waals surface area contributed by atoms with Gasteiger partial charge in [-0.3, -0.25) is 4.79 Å². The molecule has 2 aliphatic rings. The van der Waals surface area contributed by atoms with Crippen LogP contribution in [0.3, 0.4) is 0 Å². The third kappa shape index (κ3) is 2.77. The molecule has 1 N–H and O–H groups in total. The molecule has 0 spiro atoms. The summed E-state index contributed by atoms with van der Waals surface area (Å²) in [6, 6.07) is 0. The zero-order chi connectivity index (χ0) is 12.5. The summed E-state index contributed by atoms with van der Waals surface area (Å²) in [5.41, 5.74) is 0. The van der Waals surface area contributed by atoms with Crippen LogP contribution in [0.4, 0.5) is 0 Å². The van der Waals surface area contributed by atoms with E-state index in [-0.39, 0.29) is 25.1 Å². The van der Waals surface area contributed by atoms with E-state index in [4.69, 9.17) is 18.9 Å². The maximum Gasteiger partial charge on any atom is 0.311 e. The van der Waals surface area contributed by atoms with Crippen LogP contribution in [-0.2, 0) is 23.7 Å². The highest BCUT2D eigenvalue weighted by Gasteiger charge is 2.48. The maximum absolute atomic E-state index is 11.4. The first kappa shape index (κ1) is 12.8. The molecule has 0 radical (unpaired) electrons.